The van der Waals surface area contributed by atoms with Crippen molar-refractivity contribution in [2.24, 2.45) is 0 Å². The van der Waals surface area contributed by atoms with E-state index >= 15 is 0 Å². The van der Waals surface area contributed by atoms with Gasteiger partial charge in [-0.2, -0.15) is 0 Å². The molecule has 1 aliphatic rings. The van der Waals surface area contributed by atoms with Crippen LogP contribution in [0, 0.1) is 6.92 Å². The number of anilines is 1. The molecule has 2 aromatic rings. The van der Waals surface area contributed by atoms with Crippen LogP contribution >= 0.6 is 0 Å². The topological polar surface area (TPSA) is 105 Å². The Labute approximate surface area is 226 Å². The number of carbonyl (C=O) groups is 2. The van der Waals surface area contributed by atoms with Crippen LogP contribution in [0.15, 0.2) is 42.5 Å². The molecule has 0 aliphatic carbocycles. The van der Waals surface area contributed by atoms with Gasteiger partial charge in [-0.15, -0.1) is 0 Å². The molecule has 0 radical (unpaired) electrons. The number of nitrogens with zero attached hydrogens (tertiary/aromatic N) is 2. The molecular formula is C28H39N3O6S. The summed E-state index contributed by atoms with van der Waals surface area (Å²) in [6.45, 7) is 8.42. The van der Waals surface area contributed by atoms with E-state index in [1.807, 2.05) is 45.0 Å². The van der Waals surface area contributed by atoms with Gasteiger partial charge in [-0.25, -0.2) is 8.42 Å². The average Bonchev–Trinajstić information content (AvgIpc) is 2.92. The number of carbonyl (C=O) groups excluding carboxylic acids is 2. The predicted molar refractivity (Wildman–Crippen MR) is 148 cm³/mol. The third kappa shape index (κ3) is 7.40. The smallest absolute Gasteiger partial charge is 0.244 e. The lowest BCUT2D eigenvalue weighted by Crippen LogP contribution is -2.52. The maximum absolute atomic E-state index is 13.9. The van der Waals surface area contributed by atoms with Gasteiger partial charge in [-0.1, -0.05) is 50.1 Å². The molecule has 1 atom stereocenters. The number of hydrogen-bond acceptors (Lipinski definition) is 6. The lowest BCUT2D eigenvalue weighted by Gasteiger charge is -2.33. The fraction of sp³-hybridized carbons (Fsp3) is 0.500. The predicted octanol–water partition coefficient (Wildman–Crippen LogP) is 3.65. The Balaban J connectivity index is 1.95. The molecule has 1 N–H and O–H groups in total. The van der Waals surface area contributed by atoms with Gasteiger partial charge < -0.3 is 19.7 Å². The molecule has 2 amide bonds. The average molecular weight is 546 g/mol. The highest BCUT2D eigenvalue weighted by Crippen LogP contribution is 2.35. The SMILES string of the molecule is CCCCNC(=O)C(CC)N(Cc1ccc(C)cc1)C(=O)CN(c1ccc2c(c1)OCCO2)S(=O)(=O)CC. The Kier molecular flexibility index (Phi) is 10.4. The first-order valence-electron chi connectivity index (χ1n) is 13.2. The minimum absolute atomic E-state index is 0.181. The minimum atomic E-state index is -3.83. The highest BCUT2D eigenvalue weighted by molar-refractivity contribution is 7.92. The molecule has 10 heteroatoms. The van der Waals surface area contributed by atoms with E-state index in [2.05, 4.69) is 5.32 Å². The van der Waals surface area contributed by atoms with Crippen molar-refractivity contribution in [3.8, 4) is 11.5 Å². The monoisotopic (exact) mass is 545 g/mol. The van der Waals surface area contributed by atoms with Crippen LogP contribution in [0.25, 0.3) is 0 Å². The number of sulfonamides is 1. The summed E-state index contributed by atoms with van der Waals surface area (Å²) >= 11 is 0. The van der Waals surface area contributed by atoms with Gasteiger partial charge >= 0.3 is 0 Å². The van der Waals surface area contributed by atoms with Crippen molar-refractivity contribution >= 4 is 27.5 Å². The molecule has 1 aliphatic heterocycles. The number of hydrogen-bond donors (Lipinski definition) is 1. The van der Waals surface area contributed by atoms with Crippen LogP contribution in [0.5, 0.6) is 11.5 Å². The zero-order chi connectivity index (χ0) is 27.7. The Morgan fingerprint density at radius 3 is 2.32 bits per heavy atom. The molecule has 9 nitrogen and oxygen atoms in total. The largest absolute Gasteiger partial charge is 0.486 e. The van der Waals surface area contributed by atoms with Crippen molar-refractivity contribution in [1.82, 2.24) is 10.2 Å². The van der Waals surface area contributed by atoms with Crippen molar-refractivity contribution in [2.45, 2.75) is 59.5 Å². The summed E-state index contributed by atoms with van der Waals surface area (Å²) < 4.78 is 38.6. The number of benzene rings is 2. The highest BCUT2D eigenvalue weighted by atomic mass is 32.2. The van der Waals surface area contributed by atoms with Crippen molar-refractivity contribution in [1.29, 1.82) is 0 Å². The summed E-state index contributed by atoms with van der Waals surface area (Å²) in [5.74, 6) is 0.0498. The van der Waals surface area contributed by atoms with E-state index in [4.69, 9.17) is 9.47 Å². The highest BCUT2D eigenvalue weighted by Gasteiger charge is 2.32. The first-order chi connectivity index (χ1) is 18.2. The van der Waals surface area contributed by atoms with Crippen molar-refractivity contribution in [3.63, 3.8) is 0 Å². The van der Waals surface area contributed by atoms with E-state index in [1.54, 1.807) is 18.2 Å². The molecule has 2 aromatic carbocycles. The molecule has 1 unspecified atom stereocenters. The lowest BCUT2D eigenvalue weighted by atomic mass is 10.1. The van der Waals surface area contributed by atoms with Crippen LogP contribution in [-0.4, -0.2) is 63.2 Å². The molecule has 38 heavy (non-hydrogen) atoms. The van der Waals surface area contributed by atoms with Gasteiger partial charge in [0.25, 0.3) is 0 Å². The van der Waals surface area contributed by atoms with Gasteiger partial charge in [-0.3, -0.25) is 13.9 Å². The Morgan fingerprint density at radius 1 is 1.00 bits per heavy atom. The summed E-state index contributed by atoms with van der Waals surface area (Å²) in [5.41, 5.74) is 2.24. The number of ether oxygens (including phenoxy) is 2. The van der Waals surface area contributed by atoms with Crippen molar-refractivity contribution in [2.75, 3.05) is 36.4 Å². The molecule has 0 spiro atoms. The van der Waals surface area contributed by atoms with Gasteiger partial charge in [0.1, 0.15) is 25.8 Å². The normalized spacial score (nSPS) is 13.5. The van der Waals surface area contributed by atoms with Crippen LogP contribution in [0.2, 0.25) is 0 Å². The van der Waals surface area contributed by atoms with Gasteiger partial charge in [-0.05, 0) is 44.4 Å². The van der Waals surface area contributed by atoms with Gasteiger partial charge in [0.05, 0.1) is 11.4 Å². The molecule has 0 aromatic heterocycles. The van der Waals surface area contributed by atoms with Crippen LogP contribution in [-0.2, 0) is 26.2 Å². The zero-order valence-electron chi connectivity index (χ0n) is 22.7. The number of amides is 2. The summed E-state index contributed by atoms with van der Waals surface area (Å²) in [6, 6.07) is 11.8. The second-order valence-corrected chi connectivity index (χ2v) is 11.5. The lowest BCUT2D eigenvalue weighted by molar-refractivity contribution is -0.140. The first-order valence-corrected chi connectivity index (χ1v) is 14.8. The molecule has 3 rings (SSSR count). The minimum Gasteiger partial charge on any atom is -0.486 e. The Morgan fingerprint density at radius 2 is 1.68 bits per heavy atom. The number of aryl methyl sites for hydroxylation is 1. The molecule has 0 saturated carbocycles. The molecule has 0 bridgehead atoms. The van der Waals surface area contributed by atoms with E-state index in [1.165, 1.54) is 11.8 Å². The third-order valence-electron chi connectivity index (χ3n) is 6.48. The zero-order valence-corrected chi connectivity index (χ0v) is 23.6. The quantitative estimate of drug-likeness (QED) is 0.385. The van der Waals surface area contributed by atoms with E-state index in [0.717, 1.165) is 28.3 Å². The second kappa shape index (κ2) is 13.5. The van der Waals surface area contributed by atoms with E-state index < -0.39 is 28.5 Å². The summed E-state index contributed by atoms with van der Waals surface area (Å²) in [4.78, 5) is 28.5. The first kappa shape index (κ1) is 29.3. The number of fused-ring (bicyclic) bond motifs is 1. The summed E-state index contributed by atoms with van der Waals surface area (Å²) in [6.07, 6.45) is 2.16. The fourth-order valence-electron chi connectivity index (χ4n) is 4.22. The number of unbranched alkanes of at least 4 members (excludes halogenated alkanes) is 1. The summed E-state index contributed by atoms with van der Waals surface area (Å²) in [5, 5.41) is 2.93. The van der Waals surface area contributed by atoms with Crippen molar-refractivity contribution < 1.29 is 27.5 Å². The maximum Gasteiger partial charge on any atom is 0.244 e. The summed E-state index contributed by atoms with van der Waals surface area (Å²) in [7, 11) is -3.83. The van der Waals surface area contributed by atoms with Crippen molar-refractivity contribution in [3.05, 3.63) is 53.6 Å². The van der Waals surface area contributed by atoms with Crippen LogP contribution in [0.1, 0.15) is 51.2 Å². The fourth-order valence-corrected chi connectivity index (χ4v) is 5.28. The van der Waals surface area contributed by atoms with Crippen LogP contribution in [0.4, 0.5) is 5.69 Å². The molecule has 1 heterocycles. The van der Waals surface area contributed by atoms with Gasteiger partial charge in [0, 0.05) is 19.2 Å². The van der Waals surface area contributed by atoms with Gasteiger partial charge in [0.2, 0.25) is 21.8 Å². The number of rotatable bonds is 13. The standard InChI is InChI=1S/C28H39N3O6S/c1-5-8-15-29-28(33)24(6-2)30(19-22-11-9-21(4)10-12-22)27(32)20-31(38(34,35)7-3)23-13-14-25-26(18-23)37-17-16-36-25/h9-14,18,24H,5-8,15-17,19-20H2,1-4H3,(H,29,33). The van der Waals surface area contributed by atoms with E-state index in [9.17, 15) is 18.0 Å². The Bertz CT molecular complexity index is 1200. The van der Waals surface area contributed by atoms with Crippen LogP contribution < -0.4 is 19.1 Å². The van der Waals surface area contributed by atoms with E-state index in [0.29, 0.717) is 43.4 Å². The molecular weight excluding hydrogens is 506 g/mol. The van der Waals surface area contributed by atoms with Crippen LogP contribution in [0.3, 0.4) is 0 Å². The maximum atomic E-state index is 13.9. The molecule has 208 valence electrons. The third-order valence-corrected chi connectivity index (χ3v) is 8.22. The molecule has 0 saturated heterocycles. The Hall–Kier alpha value is -3.27. The van der Waals surface area contributed by atoms with E-state index in [-0.39, 0.29) is 18.2 Å². The van der Waals surface area contributed by atoms with Gasteiger partial charge in [0.15, 0.2) is 11.5 Å². The molecule has 0 fully saturated rings. The second-order valence-electron chi connectivity index (χ2n) is 9.31. The number of nitrogens with one attached hydrogen (secondary N) is 1.